The first-order valence-electron chi connectivity index (χ1n) is 7.56. The molecule has 1 aromatic carbocycles. The fourth-order valence-electron chi connectivity index (χ4n) is 1.83. The van der Waals surface area contributed by atoms with Crippen LogP contribution in [0.4, 0.5) is 4.39 Å². The first-order valence-corrected chi connectivity index (χ1v) is 7.56. The van der Waals surface area contributed by atoms with Gasteiger partial charge in [0.15, 0.2) is 6.61 Å². The fraction of sp³-hybridized carbons (Fsp3) is 0.562. The summed E-state index contributed by atoms with van der Waals surface area (Å²) in [6, 6.07) is 4.35. The molecular formula is C16H25FN2O2. The van der Waals surface area contributed by atoms with Crippen LogP contribution >= 0.6 is 0 Å². The van der Waals surface area contributed by atoms with Crippen molar-refractivity contribution in [3.63, 3.8) is 0 Å². The second-order valence-electron chi connectivity index (χ2n) is 4.92. The summed E-state index contributed by atoms with van der Waals surface area (Å²) in [6.45, 7) is 6.13. The summed E-state index contributed by atoms with van der Waals surface area (Å²) in [5, 5.41) is 5.98. The summed E-state index contributed by atoms with van der Waals surface area (Å²) >= 11 is 0. The summed E-state index contributed by atoms with van der Waals surface area (Å²) in [5.74, 6) is 0.0916. The molecule has 0 aliphatic carbocycles. The lowest BCUT2D eigenvalue weighted by molar-refractivity contribution is -0.123. The minimum Gasteiger partial charge on any atom is -0.483 e. The van der Waals surface area contributed by atoms with E-state index < -0.39 is 0 Å². The van der Waals surface area contributed by atoms with Gasteiger partial charge in [-0.2, -0.15) is 0 Å². The lowest BCUT2D eigenvalue weighted by Gasteiger charge is -2.12. The fourth-order valence-corrected chi connectivity index (χ4v) is 1.83. The molecule has 0 bridgehead atoms. The van der Waals surface area contributed by atoms with E-state index in [0.717, 1.165) is 31.4 Å². The second kappa shape index (κ2) is 10.2. The number of nitrogens with one attached hydrogen (secondary N) is 2. The van der Waals surface area contributed by atoms with E-state index in [2.05, 4.69) is 24.5 Å². The molecule has 0 aromatic heterocycles. The van der Waals surface area contributed by atoms with Crippen molar-refractivity contribution >= 4 is 5.91 Å². The van der Waals surface area contributed by atoms with Crippen LogP contribution in [-0.4, -0.2) is 25.6 Å². The van der Waals surface area contributed by atoms with E-state index in [1.165, 1.54) is 12.1 Å². The molecule has 0 saturated carbocycles. The Bertz CT molecular complexity index is 438. The molecule has 0 unspecified atom stereocenters. The van der Waals surface area contributed by atoms with Gasteiger partial charge in [0.1, 0.15) is 11.6 Å². The van der Waals surface area contributed by atoms with Gasteiger partial charge in [0.05, 0.1) is 0 Å². The van der Waals surface area contributed by atoms with Gasteiger partial charge in [-0.1, -0.05) is 20.3 Å². The molecule has 0 spiro atoms. The molecule has 1 aromatic rings. The summed E-state index contributed by atoms with van der Waals surface area (Å²) in [4.78, 5) is 11.6. The minimum absolute atomic E-state index is 0.0455. The monoisotopic (exact) mass is 296 g/mol. The van der Waals surface area contributed by atoms with Gasteiger partial charge < -0.3 is 15.4 Å². The quantitative estimate of drug-likeness (QED) is 0.653. The maximum Gasteiger partial charge on any atom is 0.257 e. The Hall–Kier alpha value is -1.62. The van der Waals surface area contributed by atoms with Crippen LogP contribution in [0.25, 0.3) is 0 Å². The van der Waals surface area contributed by atoms with E-state index >= 15 is 0 Å². The summed E-state index contributed by atoms with van der Waals surface area (Å²) in [7, 11) is 0. The summed E-state index contributed by atoms with van der Waals surface area (Å²) in [5.41, 5.74) is 0.727. The van der Waals surface area contributed by atoms with E-state index in [4.69, 9.17) is 4.74 Å². The molecule has 0 fully saturated rings. The predicted octanol–water partition coefficient (Wildman–Crippen LogP) is 2.62. The Morgan fingerprint density at radius 2 is 2.05 bits per heavy atom. The molecule has 0 aliphatic heterocycles. The molecule has 21 heavy (non-hydrogen) atoms. The first kappa shape index (κ1) is 17.4. The molecule has 5 heteroatoms. The number of rotatable bonds is 10. The third-order valence-electron chi connectivity index (χ3n) is 2.98. The predicted molar refractivity (Wildman–Crippen MR) is 81.8 cm³/mol. The number of benzene rings is 1. The van der Waals surface area contributed by atoms with Crippen LogP contribution < -0.4 is 15.4 Å². The van der Waals surface area contributed by atoms with Crippen LogP contribution in [0.5, 0.6) is 5.75 Å². The third-order valence-corrected chi connectivity index (χ3v) is 2.98. The normalized spacial score (nSPS) is 10.4. The van der Waals surface area contributed by atoms with Gasteiger partial charge in [0.2, 0.25) is 0 Å². The van der Waals surface area contributed by atoms with Crippen molar-refractivity contribution < 1.29 is 13.9 Å². The van der Waals surface area contributed by atoms with Gasteiger partial charge in [0.25, 0.3) is 5.91 Å². The number of halogens is 1. The highest BCUT2D eigenvalue weighted by Crippen LogP contribution is 2.19. The highest BCUT2D eigenvalue weighted by atomic mass is 19.1. The van der Waals surface area contributed by atoms with Crippen LogP contribution in [0.3, 0.4) is 0 Å². The molecule has 0 heterocycles. The second-order valence-corrected chi connectivity index (χ2v) is 4.92. The van der Waals surface area contributed by atoms with Crippen LogP contribution in [0.1, 0.15) is 38.7 Å². The Morgan fingerprint density at radius 1 is 1.24 bits per heavy atom. The smallest absolute Gasteiger partial charge is 0.257 e. The zero-order valence-electron chi connectivity index (χ0n) is 12.9. The Kier molecular flexibility index (Phi) is 8.43. The van der Waals surface area contributed by atoms with E-state index in [1.54, 1.807) is 6.07 Å². The van der Waals surface area contributed by atoms with Crippen molar-refractivity contribution in [1.82, 2.24) is 10.6 Å². The minimum atomic E-state index is -0.303. The van der Waals surface area contributed by atoms with Gasteiger partial charge >= 0.3 is 0 Å². The Balaban J connectivity index is 2.50. The van der Waals surface area contributed by atoms with Crippen molar-refractivity contribution in [2.45, 2.75) is 39.7 Å². The molecule has 1 rings (SSSR count). The highest BCUT2D eigenvalue weighted by Gasteiger charge is 2.08. The van der Waals surface area contributed by atoms with Crippen molar-refractivity contribution in [1.29, 1.82) is 0 Å². The molecule has 2 N–H and O–H groups in total. The zero-order valence-corrected chi connectivity index (χ0v) is 12.9. The number of amides is 1. The van der Waals surface area contributed by atoms with E-state index in [1.807, 2.05) is 0 Å². The van der Waals surface area contributed by atoms with Gasteiger partial charge in [0, 0.05) is 18.7 Å². The molecule has 0 radical (unpaired) electrons. The molecule has 4 nitrogen and oxygen atoms in total. The van der Waals surface area contributed by atoms with Crippen molar-refractivity contribution in [2.75, 3.05) is 19.7 Å². The molecule has 118 valence electrons. The number of carbonyl (C=O) groups excluding carboxylic acids is 1. The summed E-state index contributed by atoms with van der Waals surface area (Å²) < 4.78 is 18.8. The highest BCUT2D eigenvalue weighted by molar-refractivity contribution is 5.77. The largest absolute Gasteiger partial charge is 0.483 e. The van der Waals surface area contributed by atoms with Crippen LogP contribution in [0.2, 0.25) is 0 Å². The van der Waals surface area contributed by atoms with E-state index in [0.29, 0.717) is 18.8 Å². The standard InChI is InChI=1S/C16H25FN2O2/c1-3-5-9-19-16(20)12-21-15-7-6-14(17)10-13(15)11-18-8-4-2/h6-7,10,18H,3-5,8-9,11-12H2,1-2H3,(H,19,20). The number of hydrogen-bond acceptors (Lipinski definition) is 3. The van der Waals surface area contributed by atoms with Gasteiger partial charge in [-0.05, 0) is 37.6 Å². The third kappa shape index (κ3) is 7.09. The lowest BCUT2D eigenvalue weighted by atomic mass is 10.2. The zero-order chi connectivity index (χ0) is 15.5. The summed E-state index contributed by atoms with van der Waals surface area (Å²) in [6.07, 6.45) is 2.99. The van der Waals surface area contributed by atoms with Crippen molar-refractivity contribution in [3.8, 4) is 5.75 Å². The molecule has 0 saturated heterocycles. The van der Waals surface area contributed by atoms with Gasteiger partial charge in [-0.3, -0.25) is 4.79 Å². The van der Waals surface area contributed by atoms with Crippen molar-refractivity contribution in [2.24, 2.45) is 0 Å². The number of unbranched alkanes of at least 4 members (excludes halogenated alkanes) is 1. The number of hydrogen-bond donors (Lipinski definition) is 2. The number of ether oxygens (including phenoxy) is 1. The maximum atomic E-state index is 13.3. The lowest BCUT2D eigenvalue weighted by Crippen LogP contribution is -2.29. The maximum absolute atomic E-state index is 13.3. The van der Waals surface area contributed by atoms with E-state index in [-0.39, 0.29) is 18.3 Å². The topological polar surface area (TPSA) is 50.4 Å². The van der Waals surface area contributed by atoms with Crippen molar-refractivity contribution in [3.05, 3.63) is 29.6 Å². The first-order chi connectivity index (χ1) is 10.2. The SMILES string of the molecule is CCCCNC(=O)COc1ccc(F)cc1CNCCC. The van der Waals surface area contributed by atoms with Gasteiger partial charge in [-0.15, -0.1) is 0 Å². The van der Waals surface area contributed by atoms with Crippen LogP contribution in [0, 0.1) is 5.82 Å². The average molecular weight is 296 g/mol. The Morgan fingerprint density at radius 3 is 2.76 bits per heavy atom. The molecule has 1 amide bonds. The van der Waals surface area contributed by atoms with Crippen LogP contribution in [-0.2, 0) is 11.3 Å². The van der Waals surface area contributed by atoms with Crippen LogP contribution in [0.15, 0.2) is 18.2 Å². The average Bonchev–Trinajstić information content (AvgIpc) is 2.47. The van der Waals surface area contributed by atoms with E-state index in [9.17, 15) is 9.18 Å². The Labute approximate surface area is 126 Å². The molecule has 0 aliphatic rings. The number of carbonyl (C=O) groups is 1. The molecular weight excluding hydrogens is 271 g/mol. The van der Waals surface area contributed by atoms with Gasteiger partial charge in [-0.25, -0.2) is 4.39 Å². The molecule has 0 atom stereocenters.